The second-order valence-electron chi connectivity index (χ2n) is 4.24. The first kappa shape index (κ1) is 14.2. The average Bonchev–Trinajstić information content (AvgIpc) is 3.12. The lowest BCUT2D eigenvalue weighted by molar-refractivity contribution is 0.558. The van der Waals surface area contributed by atoms with E-state index in [9.17, 15) is 4.39 Å². The summed E-state index contributed by atoms with van der Waals surface area (Å²) in [5, 5.41) is 11.1. The van der Waals surface area contributed by atoms with Crippen molar-refractivity contribution in [3.63, 3.8) is 0 Å². The molecule has 3 rings (SSSR count). The first-order chi connectivity index (χ1) is 10.2. The van der Waals surface area contributed by atoms with Crippen LogP contribution in [0.25, 0.3) is 10.7 Å². The van der Waals surface area contributed by atoms with Crippen LogP contribution in [0.4, 0.5) is 4.39 Å². The highest BCUT2D eigenvalue weighted by molar-refractivity contribution is 7.99. The fourth-order valence-corrected chi connectivity index (χ4v) is 3.35. The molecule has 21 heavy (non-hydrogen) atoms. The highest BCUT2D eigenvalue weighted by Crippen LogP contribution is 2.30. The Kier molecular flexibility index (Phi) is 3.98. The quantitative estimate of drug-likeness (QED) is 0.691. The number of aryl methyl sites for hydroxylation is 1. The molecule has 0 aliphatic carbocycles. The van der Waals surface area contributed by atoms with Crippen LogP contribution in [0.15, 0.2) is 34.0 Å². The Labute approximate surface area is 129 Å². The van der Waals surface area contributed by atoms with Crippen molar-refractivity contribution in [3.8, 4) is 10.7 Å². The van der Waals surface area contributed by atoms with Gasteiger partial charge in [0.2, 0.25) is 0 Å². The molecule has 8 heteroatoms. The molecular formula is C13H12FN5S2. The van der Waals surface area contributed by atoms with Crippen molar-refractivity contribution in [2.75, 3.05) is 0 Å². The zero-order valence-electron chi connectivity index (χ0n) is 11.4. The fraction of sp³-hybridized carbons (Fsp3) is 0.231. The molecule has 3 heterocycles. The minimum absolute atomic E-state index is 0.273. The topological polar surface area (TPSA) is 56.5 Å². The van der Waals surface area contributed by atoms with Crippen molar-refractivity contribution in [1.82, 2.24) is 24.7 Å². The predicted octanol–water partition coefficient (Wildman–Crippen LogP) is 3.19. The zero-order valence-corrected chi connectivity index (χ0v) is 13.1. The maximum atomic E-state index is 14.2. The van der Waals surface area contributed by atoms with Gasteiger partial charge in [0, 0.05) is 7.05 Å². The lowest BCUT2D eigenvalue weighted by Gasteiger charge is -2.04. The van der Waals surface area contributed by atoms with Gasteiger partial charge in [0.25, 0.3) is 0 Å². The van der Waals surface area contributed by atoms with Crippen LogP contribution in [0.1, 0.15) is 12.6 Å². The van der Waals surface area contributed by atoms with E-state index in [0.717, 1.165) is 22.5 Å². The number of hydrogen-bond donors (Lipinski definition) is 0. The Morgan fingerprint density at radius 1 is 1.33 bits per heavy atom. The SMILES string of the molecule is CCc1ncnc(Sc2nnc(-c3cccs3)n2C)c1F. The predicted molar refractivity (Wildman–Crippen MR) is 79.8 cm³/mol. The Bertz CT molecular complexity index is 754. The van der Waals surface area contributed by atoms with Crippen molar-refractivity contribution in [2.45, 2.75) is 23.5 Å². The Balaban J connectivity index is 1.93. The van der Waals surface area contributed by atoms with Crippen LogP contribution in [-0.2, 0) is 13.5 Å². The summed E-state index contributed by atoms with van der Waals surface area (Å²) in [7, 11) is 1.86. The number of rotatable bonds is 4. The molecular weight excluding hydrogens is 309 g/mol. The van der Waals surface area contributed by atoms with E-state index < -0.39 is 0 Å². The number of aromatic nitrogens is 5. The Morgan fingerprint density at radius 3 is 2.90 bits per heavy atom. The second-order valence-corrected chi connectivity index (χ2v) is 6.14. The van der Waals surface area contributed by atoms with Crippen LogP contribution < -0.4 is 0 Å². The molecule has 0 aliphatic heterocycles. The van der Waals surface area contributed by atoms with Crippen molar-refractivity contribution < 1.29 is 4.39 Å². The third kappa shape index (κ3) is 2.68. The molecule has 0 aliphatic rings. The van der Waals surface area contributed by atoms with Crippen LogP contribution >= 0.6 is 23.1 Å². The van der Waals surface area contributed by atoms with Crippen molar-refractivity contribution in [2.24, 2.45) is 7.05 Å². The van der Waals surface area contributed by atoms with Gasteiger partial charge in [-0.1, -0.05) is 13.0 Å². The maximum Gasteiger partial charge on any atom is 0.197 e. The van der Waals surface area contributed by atoms with E-state index in [1.54, 1.807) is 11.3 Å². The van der Waals surface area contributed by atoms with Crippen LogP contribution in [0.3, 0.4) is 0 Å². The summed E-state index contributed by atoms with van der Waals surface area (Å²) in [5.41, 5.74) is 0.410. The van der Waals surface area contributed by atoms with Gasteiger partial charge in [-0.25, -0.2) is 14.4 Å². The largest absolute Gasteiger partial charge is 0.304 e. The average molecular weight is 321 g/mol. The lowest BCUT2D eigenvalue weighted by Crippen LogP contribution is -1.99. The van der Waals surface area contributed by atoms with Crippen LogP contribution in [0.5, 0.6) is 0 Å². The molecule has 0 bridgehead atoms. The number of hydrogen-bond acceptors (Lipinski definition) is 6. The summed E-state index contributed by atoms with van der Waals surface area (Å²) >= 11 is 2.74. The molecule has 3 aromatic rings. The van der Waals surface area contributed by atoms with E-state index in [0.29, 0.717) is 17.3 Å². The minimum Gasteiger partial charge on any atom is -0.304 e. The van der Waals surface area contributed by atoms with Crippen molar-refractivity contribution in [3.05, 3.63) is 35.4 Å². The van der Waals surface area contributed by atoms with E-state index >= 15 is 0 Å². The highest BCUT2D eigenvalue weighted by Gasteiger charge is 2.17. The Morgan fingerprint density at radius 2 is 2.19 bits per heavy atom. The van der Waals surface area contributed by atoms with Gasteiger partial charge >= 0.3 is 0 Å². The summed E-state index contributed by atoms with van der Waals surface area (Å²) in [5.74, 6) is 0.378. The lowest BCUT2D eigenvalue weighted by atomic mass is 10.3. The summed E-state index contributed by atoms with van der Waals surface area (Å²) in [6.07, 6.45) is 1.90. The van der Waals surface area contributed by atoms with Gasteiger partial charge in [0.05, 0.1) is 10.6 Å². The molecule has 0 atom stereocenters. The van der Waals surface area contributed by atoms with Crippen LogP contribution in [-0.4, -0.2) is 24.7 Å². The molecule has 0 N–H and O–H groups in total. The summed E-state index contributed by atoms with van der Waals surface area (Å²) in [6.45, 7) is 1.86. The molecule has 0 spiro atoms. The van der Waals surface area contributed by atoms with Gasteiger partial charge in [0.1, 0.15) is 11.4 Å². The van der Waals surface area contributed by atoms with E-state index in [-0.39, 0.29) is 10.8 Å². The molecule has 3 aromatic heterocycles. The zero-order chi connectivity index (χ0) is 14.8. The van der Waals surface area contributed by atoms with Crippen molar-refractivity contribution >= 4 is 23.1 Å². The molecule has 0 amide bonds. The second kappa shape index (κ2) is 5.90. The fourth-order valence-electron chi connectivity index (χ4n) is 1.82. The summed E-state index contributed by atoms with van der Waals surface area (Å²) in [6, 6.07) is 3.93. The van der Waals surface area contributed by atoms with Gasteiger partial charge < -0.3 is 4.57 Å². The molecule has 0 saturated carbocycles. The molecule has 5 nitrogen and oxygen atoms in total. The highest BCUT2D eigenvalue weighted by atomic mass is 32.2. The summed E-state index contributed by atoms with van der Waals surface area (Å²) in [4.78, 5) is 8.94. The van der Waals surface area contributed by atoms with E-state index in [1.165, 1.54) is 6.33 Å². The van der Waals surface area contributed by atoms with Crippen molar-refractivity contribution in [1.29, 1.82) is 0 Å². The Hall–Kier alpha value is -1.80. The molecule has 0 aromatic carbocycles. The summed E-state index contributed by atoms with van der Waals surface area (Å²) < 4.78 is 16.0. The monoisotopic (exact) mass is 321 g/mol. The van der Waals surface area contributed by atoms with Gasteiger partial charge in [-0.2, -0.15) is 0 Å². The standard InChI is InChI=1S/C13H12FN5S2/c1-3-8-10(14)12(16-7-15-8)21-13-18-17-11(19(13)2)9-5-4-6-20-9/h4-7H,3H2,1-2H3. The molecule has 0 saturated heterocycles. The normalized spacial score (nSPS) is 11.0. The van der Waals surface area contributed by atoms with E-state index in [2.05, 4.69) is 20.2 Å². The third-order valence-electron chi connectivity index (χ3n) is 2.93. The van der Waals surface area contributed by atoms with Gasteiger partial charge in [-0.05, 0) is 29.6 Å². The molecule has 0 fully saturated rings. The van der Waals surface area contributed by atoms with Gasteiger partial charge in [-0.3, -0.25) is 0 Å². The molecule has 108 valence electrons. The van der Waals surface area contributed by atoms with Gasteiger partial charge in [0.15, 0.2) is 16.8 Å². The van der Waals surface area contributed by atoms with Crippen LogP contribution in [0.2, 0.25) is 0 Å². The number of halogens is 1. The third-order valence-corrected chi connectivity index (χ3v) is 4.81. The van der Waals surface area contributed by atoms with Gasteiger partial charge in [-0.15, -0.1) is 21.5 Å². The first-order valence-corrected chi connectivity index (χ1v) is 8.00. The van der Waals surface area contributed by atoms with Crippen LogP contribution in [0, 0.1) is 5.82 Å². The minimum atomic E-state index is -0.384. The first-order valence-electron chi connectivity index (χ1n) is 6.31. The maximum absolute atomic E-state index is 14.2. The smallest absolute Gasteiger partial charge is 0.197 e. The van der Waals surface area contributed by atoms with E-state index in [1.807, 2.05) is 36.1 Å². The molecule has 0 radical (unpaired) electrons. The molecule has 0 unspecified atom stereocenters. The number of nitrogens with zero attached hydrogens (tertiary/aromatic N) is 5. The number of thiophene rings is 1. The van der Waals surface area contributed by atoms with E-state index in [4.69, 9.17) is 0 Å².